The number of rotatable bonds is 3. The maximum atomic E-state index is 10.8. The average molecular weight is 291 g/mol. The third-order valence-corrected chi connectivity index (χ3v) is 2.77. The first-order valence-corrected chi connectivity index (χ1v) is 5.99. The van der Waals surface area contributed by atoms with E-state index in [1.807, 2.05) is 36.4 Å². The van der Waals surface area contributed by atoms with Crippen LogP contribution in [-0.4, -0.2) is 5.78 Å². The summed E-state index contributed by atoms with van der Waals surface area (Å²) in [4.78, 5) is 10.8. The molecular weight excluding hydrogens is 280 g/mol. The summed E-state index contributed by atoms with van der Waals surface area (Å²) in [7, 11) is 0. The van der Waals surface area contributed by atoms with Crippen molar-refractivity contribution < 1.29 is 9.21 Å². The van der Waals surface area contributed by atoms with Crippen LogP contribution in [0.4, 0.5) is 0 Å². The molecule has 1 aromatic heterocycles. The summed E-state index contributed by atoms with van der Waals surface area (Å²) in [6, 6.07) is 11.6. The standard InChI is InChI=1S/C14H11BrO2/c1-10(16)2-7-13-8-9-14(17-13)11-3-5-12(15)6-4-11/h2-9H,1H3/b7-2-. The van der Waals surface area contributed by atoms with Crippen LogP contribution in [0.5, 0.6) is 0 Å². The SMILES string of the molecule is CC(=O)/C=C\c1ccc(-c2ccc(Br)cc2)o1. The minimum absolute atomic E-state index is 0.00610. The van der Waals surface area contributed by atoms with Gasteiger partial charge in [-0.25, -0.2) is 0 Å². The fourth-order valence-corrected chi connectivity index (χ4v) is 1.68. The largest absolute Gasteiger partial charge is 0.457 e. The van der Waals surface area contributed by atoms with Gasteiger partial charge in [0, 0.05) is 10.0 Å². The van der Waals surface area contributed by atoms with Crippen LogP contribution in [-0.2, 0) is 4.79 Å². The lowest BCUT2D eigenvalue weighted by Gasteiger charge is -1.96. The van der Waals surface area contributed by atoms with Crippen molar-refractivity contribution in [3.8, 4) is 11.3 Å². The molecule has 0 amide bonds. The monoisotopic (exact) mass is 290 g/mol. The van der Waals surface area contributed by atoms with Crippen LogP contribution < -0.4 is 0 Å². The minimum Gasteiger partial charge on any atom is -0.457 e. The molecule has 0 unspecified atom stereocenters. The van der Waals surface area contributed by atoms with E-state index in [1.54, 1.807) is 6.08 Å². The fourth-order valence-electron chi connectivity index (χ4n) is 1.41. The van der Waals surface area contributed by atoms with Crippen molar-refractivity contribution >= 4 is 27.8 Å². The molecule has 0 aliphatic heterocycles. The summed E-state index contributed by atoms with van der Waals surface area (Å²) in [6.07, 6.45) is 3.16. The minimum atomic E-state index is 0.00610. The number of benzene rings is 1. The van der Waals surface area contributed by atoms with Crippen molar-refractivity contribution in [3.63, 3.8) is 0 Å². The molecule has 3 heteroatoms. The second-order valence-electron chi connectivity index (χ2n) is 3.65. The molecule has 2 nitrogen and oxygen atoms in total. The van der Waals surface area contributed by atoms with Crippen LogP contribution in [0.1, 0.15) is 12.7 Å². The molecule has 0 atom stereocenters. The zero-order valence-electron chi connectivity index (χ0n) is 9.31. The first-order chi connectivity index (χ1) is 8.15. The summed E-state index contributed by atoms with van der Waals surface area (Å²) in [5, 5.41) is 0. The molecule has 1 heterocycles. The molecule has 17 heavy (non-hydrogen) atoms. The molecule has 86 valence electrons. The van der Waals surface area contributed by atoms with Gasteiger partial charge in [-0.05, 0) is 43.3 Å². The third kappa shape index (κ3) is 3.17. The molecule has 1 aromatic carbocycles. The lowest BCUT2D eigenvalue weighted by atomic mass is 10.2. The van der Waals surface area contributed by atoms with E-state index in [0.717, 1.165) is 15.8 Å². The van der Waals surface area contributed by atoms with Crippen molar-refractivity contribution in [2.45, 2.75) is 6.92 Å². The molecule has 0 aliphatic rings. The topological polar surface area (TPSA) is 30.2 Å². The summed E-state index contributed by atoms with van der Waals surface area (Å²) in [5.41, 5.74) is 1.01. The van der Waals surface area contributed by atoms with Gasteiger partial charge >= 0.3 is 0 Å². The Hall–Kier alpha value is -1.61. The molecule has 0 saturated carbocycles. The number of ketones is 1. The maximum absolute atomic E-state index is 10.8. The van der Waals surface area contributed by atoms with Crippen LogP contribution in [0.2, 0.25) is 0 Å². The van der Waals surface area contributed by atoms with E-state index >= 15 is 0 Å². The molecule has 0 aliphatic carbocycles. The van der Waals surface area contributed by atoms with Gasteiger partial charge in [-0.3, -0.25) is 4.79 Å². The highest BCUT2D eigenvalue weighted by Crippen LogP contribution is 2.24. The molecule has 0 N–H and O–H groups in total. The van der Waals surface area contributed by atoms with Crippen LogP contribution in [0.25, 0.3) is 17.4 Å². The van der Waals surface area contributed by atoms with Gasteiger partial charge in [-0.15, -0.1) is 0 Å². The Morgan fingerprint density at radius 3 is 2.53 bits per heavy atom. The highest BCUT2D eigenvalue weighted by atomic mass is 79.9. The highest BCUT2D eigenvalue weighted by molar-refractivity contribution is 9.10. The number of carbonyl (C=O) groups excluding carboxylic acids is 1. The Morgan fingerprint density at radius 2 is 1.88 bits per heavy atom. The molecule has 0 radical (unpaired) electrons. The van der Waals surface area contributed by atoms with Gasteiger partial charge in [0.2, 0.25) is 0 Å². The van der Waals surface area contributed by atoms with Gasteiger partial charge in [-0.2, -0.15) is 0 Å². The summed E-state index contributed by atoms with van der Waals surface area (Å²) >= 11 is 3.38. The van der Waals surface area contributed by atoms with Crippen LogP contribution in [0.15, 0.2) is 51.4 Å². The number of furan rings is 1. The molecule has 0 fully saturated rings. The smallest absolute Gasteiger partial charge is 0.152 e. The number of hydrogen-bond acceptors (Lipinski definition) is 2. The van der Waals surface area contributed by atoms with E-state index in [-0.39, 0.29) is 5.78 Å². The third-order valence-electron chi connectivity index (χ3n) is 2.24. The van der Waals surface area contributed by atoms with Crippen molar-refractivity contribution in [1.29, 1.82) is 0 Å². The van der Waals surface area contributed by atoms with Crippen molar-refractivity contribution in [2.75, 3.05) is 0 Å². The second-order valence-corrected chi connectivity index (χ2v) is 4.57. The van der Waals surface area contributed by atoms with Gasteiger partial charge in [0.25, 0.3) is 0 Å². The van der Waals surface area contributed by atoms with Crippen molar-refractivity contribution in [3.05, 3.63) is 52.7 Å². The fraction of sp³-hybridized carbons (Fsp3) is 0.0714. The van der Waals surface area contributed by atoms with E-state index in [4.69, 9.17) is 4.42 Å². The summed E-state index contributed by atoms with van der Waals surface area (Å²) in [6.45, 7) is 1.51. The van der Waals surface area contributed by atoms with E-state index in [0.29, 0.717) is 5.76 Å². The van der Waals surface area contributed by atoms with Gasteiger partial charge in [-0.1, -0.05) is 28.1 Å². The maximum Gasteiger partial charge on any atom is 0.152 e. The first kappa shape index (κ1) is 11.9. The van der Waals surface area contributed by atoms with Crippen LogP contribution in [0, 0.1) is 0 Å². The number of allylic oxidation sites excluding steroid dienone is 1. The predicted molar refractivity (Wildman–Crippen MR) is 71.6 cm³/mol. The van der Waals surface area contributed by atoms with Gasteiger partial charge in [0.1, 0.15) is 11.5 Å². The normalized spacial score (nSPS) is 10.9. The van der Waals surface area contributed by atoms with E-state index in [9.17, 15) is 4.79 Å². The highest BCUT2D eigenvalue weighted by Gasteiger charge is 2.02. The Balaban J connectivity index is 2.23. The van der Waals surface area contributed by atoms with Gasteiger partial charge in [0.15, 0.2) is 5.78 Å². The summed E-state index contributed by atoms with van der Waals surface area (Å²) in [5.74, 6) is 1.48. The number of carbonyl (C=O) groups is 1. The van der Waals surface area contributed by atoms with E-state index < -0.39 is 0 Å². The van der Waals surface area contributed by atoms with E-state index in [1.165, 1.54) is 13.0 Å². The van der Waals surface area contributed by atoms with Gasteiger partial charge < -0.3 is 4.42 Å². The first-order valence-electron chi connectivity index (χ1n) is 5.19. The van der Waals surface area contributed by atoms with Gasteiger partial charge in [0.05, 0.1) is 0 Å². The predicted octanol–water partition coefficient (Wildman–Crippen LogP) is 4.31. The zero-order valence-corrected chi connectivity index (χ0v) is 10.9. The average Bonchev–Trinajstić information content (AvgIpc) is 2.76. The lowest BCUT2D eigenvalue weighted by molar-refractivity contribution is -0.112. The molecule has 2 rings (SSSR count). The lowest BCUT2D eigenvalue weighted by Crippen LogP contribution is -1.78. The molecule has 0 saturated heterocycles. The van der Waals surface area contributed by atoms with Crippen LogP contribution >= 0.6 is 15.9 Å². The quantitative estimate of drug-likeness (QED) is 0.789. The molecule has 2 aromatic rings. The number of hydrogen-bond donors (Lipinski definition) is 0. The van der Waals surface area contributed by atoms with E-state index in [2.05, 4.69) is 15.9 Å². The van der Waals surface area contributed by atoms with Crippen molar-refractivity contribution in [2.24, 2.45) is 0 Å². The summed E-state index contributed by atoms with van der Waals surface area (Å²) < 4.78 is 6.64. The molecule has 0 spiro atoms. The molecule has 0 bridgehead atoms. The van der Waals surface area contributed by atoms with Crippen LogP contribution in [0.3, 0.4) is 0 Å². The Kier molecular flexibility index (Phi) is 3.59. The Labute approximate surface area is 108 Å². The Morgan fingerprint density at radius 1 is 1.18 bits per heavy atom. The second kappa shape index (κ2) is 5.15. The zero-order chi connectivity index (χ0) is 12.3. The molecular formula is C14H11BrO2. The number of halogens is 1. The van der Waals surface area contributed by atoms with Crippen molar-refractivity contribution in [1.82, 2.24) is 0 Å². The Bertz CT molecular complexity index is 550.